The van der Waals surface area contributed by atoms with Gasteiger partial charge in [-0.1, -0.05) is 0 Å². The number of anilines is 2. The SMILES string of the molecule is CN1CCCN(c2nc(N)c(F)cc2F)CC1. The maximum atomic E-state index is 13.6. The van der Waals surface area contributed by atoms with Gasteiger partial charge >= 0.3 is 0 Å². The van der Waals surface area contributed by atoms with Crippen molar-refractivity contribution in [2.24, 2.45) is 0 Å². The number of halogens is 2. The molecule has 0 spiro atoms. The van der Waals surface area contributed by atoms with E-state index in [1.807, 2.05) is 11.9 Å². The average molecular weight is 242 g/mol. The summed E-state index contributed by atoms with van der Waals surface area (Å²) < 4.78 is 26.6. The predicted molar refractivity (Wildman–Crippen MR) is 62.9 cm³/mol. The Morgan fingerprint density at radius 2 is 1.94 bits per heavy atom. The summed E-state index contributed by atoms with van der Waals surface area (Å²) in [5, 5.41) is 0. The van der Waals surface area contributed by atoms with Gasteiger partial charge in [-0.3, -0.25) is 0 Å². The molecule has 0 amide bonds. The van der Waals surface area contributed by atoms with Crippen molar-refractivity contribution >= 4 is 11.6 Å². The van der Waals surface area contributed by atoms with Crippen molar-refractivity contribution in [3.05, 3.63) is 17.7 Å². The molecule has 2 rings (SSSR count). The quantitative estimate of drug-likeness (QED) is 0.800. The first kappa shape index (κ1) is 12.0. The molecule has 0 aromatic carbocycles. The second-order valence-electron chi connectivity index (χ2n) is 4.30. The Morgan fingerprint density at radius 3 is 2.71 bits per heavy atom. The summed E-state index contributed by atoms with van der Waals surface area (Å²) in [4.78, 5) is 7.78. The van der Waals surface area contributed by atoms with Gasteiger partial charge in [-0.05, 0) is 20.0 Å². The van der Waals surface area contributed by atoms with Crippen LogP contribution in [-0.2, 0) is 0 Å². The highest BCUT2D eigenvalue weighted by Crippen LogP contribution is 2.21. The minimum Gasteiger partial charge on any atom is -0.381 e. The predicted octanol–water partition coefficient (Wildman–Crippen LogP) is 1.08. The highest BCUT2D eigenvalue weighted by Gasteiger charge is 2.18. The Hall–Kier alpha value is -1.43. The van der Waals surface area contributed by atoms with Crippen LogP contribution in [0.15, 0.2) is 6.07 Å². The van der Waals surface area contributed by atoms with Gasteiger partial charge in [0, 0.05) is 25.7 Å². The van der Waals surface area contributed by atoms with E-state index in [0.717, 1.165) is 25.6 Å². The van der Waals surface area contributed by atoms with Crippen LogP contribution in [0.25, 0.3) is 0 Å². The van der Waals surface area contributed by atoms with Crippen LogP contribution < -0.4 is 10.6 Å². The monoisotopic (exact) mass is 242 g/mol. The number of nitrogens with zero attached hydrogens (tertiary/aromatic N) is 3. The second kappa shape index (κ2) is 4.83. The molecule has 94 valence electrons. The van der Waals surface area contributed by atoms with Crippen molar-refractivity contribution in [1.29, 1.82) is 0 Å². The molecule has 6 heteroatoms. The van der Waals surface area contributed by atoms with Crippen molar-refractivity contribution in [2.45, 2.75) is 6.42 Å². The van der Waals surface area contributed by atoms with Gasteiger partial charge in [-0.25, -0.2) is 13.8 Å². The molecule has 0 aliphatic carbocycles. The van der Waals surface area contributed by atoms with Crippen molar-refractivity contribution in [3.63, 3.8) is 0 Å². The van der Waals surface area contributed by atoms with E-state index in [0.29, 0.717) is 13.1 Å². The smallest absolute Gasteiger partial charge is 0.168 e. The van der Waals surface area contributed by atoms with Gasteiger partial charge in [0.25, 0.3) is 0 Å². The van der Waals surface area contributed by atoms with Crippen molar-refractivity contribution < 1.29 is 8.78 Å². The molecular formula is C11H16F2N4. The Bertz CT molecular complexity index is 411. The first-order valence-corrected chi connectivity index (χ1v) is 5.63. The highest BCUT2D eigenvalue weighted by atomic mass is 19.1. The fourth-order valence-electron chi connectivity index (χ4n) is 1.95. The fraction of sp³-hybridized carbons (Fsp3) is 0.545. The van der Waals surface area contributed by atoms with Crippen LogP contribution in [0.5, 0.6) is 0 Å². The molecule has 1 aliphatic heterocycles. The number of nitrogens with two attached hydrogens (primary N) is 1. The lowest BCUT2D eigenvalue weighted by atomic mass is 10.3. The molecule has 2 heterocycles. The fourth-order valence-corrected chi connectivity index (χ4v) is 1.95. The summed E-state index contributed by atoms with van der Waals surface area (Å²) in [7, 11) is 2.02. The van der Waals surface area contributed by atoms with E-state index in [2.05, 4.69) is 9.88 Å². The Morgan fingerprint density at radius 1 is 1.18 bits per heavy atom. The molecule has 0 bridgehead atoms. The molecule has 1 aromatic rings. The Balaban J connectivity index is 2.24. The van der Waals surface area contributed by atoms with Gasteiger partial charge in [-0.15, -0.1) is 0 Å². The minimum absolute atomic E-state index is 0.152. The molecule has 1 aromatic heterocycles. The molecule has 2 N–H and O–H groups in total. The van der Waals surface area contributed by atoms with Crippen LogP contribution in [0.2, 0.25) is 0 Å². The van der Waals surface area contributed by atoms with Gasteiger partial charge in [-0.2, -0.15) is 0 Å². The van der Waals surface area contributed by atoms with Crippen LogP contribution in [0, 0.1) is 11.6 Å². The zero-order valence-electron chi connectivity index (χ0n) is 9.79. The molecule has 1 aliphatic rings. The molecule has 0 unspecified atom stereocenters. The highest BCUT2D eigenvalue weighted by molar-refractivity contribution is 5.47. The molecular weight excluding hydrogens is 226 g/mol. The summed E-state index contributed by atoms with van der Waals surface area (Å²) in [6, 6.07) is 0.798. The molecule has 0 saturated carbocycles. The summed E-state index contributed by atoms with van der Waals surface area (Å²) in [5.74, 6) is -1.56. The summed E-state index contributed by atoms with van der Waals surface area (Å²) >= 11 is 0. The van der Waals surface area contributed by atoms with Crippen LogP contribution in [0.3, 0.4) is 0 Å². The van der Waals surface area contributed by atoms with E-state index >= 15 is 0 Å². The molecule has 4 nitrogen and oxygen atoms in total. The third kappa shape index (κ3) is 2.63. The van der Waals surface area contributed by atoms with Crippen molar-refractivity contribution in [3.8, 4) is 0 Å². The Labute approximate surface area is 99.0 Å². The van der Waals surface area contributed by atoms with E-state index in [9.17, 15) is 8.78 Å². The van der Waals surface area contributed by atoms with Gasteiger partial charge in [0.2, 0.25) is 0 Å². The van der Waals surface area contributed by atoms with Gasteiger partial charge in [0.15, 0.2) is 23.3 Å². The molecule has 1 fully saturated rings. The number of hydrogen-bond donors (Lipinski definition) is 1. The molecule has 0 atom stereocenters. The van der Waals surface area contributed by atoms with E-state index in [4.69, 9.17) is 5.73 Å². The lowest BCUT2D eigenvalue weighted by Crippen LogP contribution is -2.30. The van der Waals surface area contributed by atoms with Crippen LogP contribution in [0.4, 0.5) is 20.4 Å². The number of likely N-dealkylation sites (N-methyl/N-ethyl adjacent to an activating group) is 1. The summed E-state index contributed by atoms with van der Waals surface area (Å²) in [6.07, 6.45) is 0.925. The number of aromatic nitrogens is 1. The Kier molecular flexibility index (Phi) is 3.42. The number of rotatable bonds is 1. The zero-order valence-corrected chi connectivity index (χ0v) is 9.79. The van der Waals surface area contributed by atoms with E-state index in [-0.39, 0.29) is 11.6 Å². The molecule has 17 heavy (non-hydrogen) atoms. The van der Waals surface area contributed by atoms with Crippen molar-refractivity contribution in [1.82, 2.24) is 9.88 Å². The van der Waals surface area contributed by atoms with Gasteiger partial charge in [0.05, 0.1) is 0 Å². The molecule has 0 radical (unpaired) electrons. The van der Waals surface area contributed by atoms with E-state index in [1.54, 1.807) is 0 Å². The lowest BCUT2D eigenvalue weighted by molar-refractivity contribution is 0.360. The van der Waals surface area contributed by atoms with E-state index < -0.39 is 11.6 Å². The molecule has 1 saturated heterocycles. The maximum Gasteiger partial charge on any atom is 0.168 e. The first-order valence-electron chi connectivity index (χ1n) is 5.63. The van der Waals surface area contributed by atoms with Gasteiger partial charge in [0.1, 0.15) is 0 Å². The van der Waals surface area contributed by atoms with Crippen molar-refractivity contribution in [2.75, 3.05) is 43.9 Å². The van der Waals surface area contributed by atoms with Crippen LogP contribution >= 0.6 is 0 Å². The first-order chi connectivity index (χ1) is 8.08. The third-order valence-corrected chi connectivity index (χ3v) is 2.96. The third-order valence-electron chi connectivity index (χ3n) is 2.96. The lowest BCUT2D eigenvalue weighted by Gasteiger charge is -2.22. The standard InChI is InChI=1S/C11H16F2N4/c1-16-3-2-4-17(6-5-16)11-9(13)7-8(12)10(14)15-11/h7H,2-6H2,1H3,(H2,14,15). The summed E-state index contributed by atoms with van der Waals surface area (Å²) in [6.45, 7) is 3.18. The maximum absolute atomic E-state index is 13.6. The van der Waals surface area contributed by atoms with Gasteiger partial charge < -0.3 is 15.5 Å². The normalized spacial score (nSPS) is 18.2. The number of pyridine rings is 1. The van der Waals surface area contributed by atoms with Crippen LogP contribution in [0.1, 0.15) is 6.42 Å². The zero-order chi connectivity index (χ0) is 12.4. The largest absolute Gasteiger partial charge is 0.381 e. The average Bonchev–Trinajstić information content (AvgIpc) is 2.49. The minimum atomic E-state index is -0.807. The number of hydrogen-bond acceptors (Lipinski definition) is 4. The summed E-state index contributed by atoms with van der Waals surface area (Å²) in [5.41, 5.74) is 5.37. The number of nitrogen functional groups attached to an aromatic ring is 1. The van der Waals surface area contributed by atoms with E-state index in [1.165, 1.54) is 0 Å². The topological polar surface area (TPSA) is 45.4 Å². The second-order valence-corrected chi connectivity index (χ2v) is 4.30. The van der Waals surface area contributed by atoms with Crippen LogP contribution in [-0.4, -0.2) is 43.1 Å².